The summed E-state index contributed by atoms with van der Waals surface area (Å²) < 4.78 is 0. The van der Waals surface area contributed by atoms with Crippen LogP contribution in [-0.4, -0.2) is 26.2 Å². The molecule has 4 heteroatoms. The van der Waals surface area contributed by atoms with Crippen molar-refractivity contribution in [3.05, 3.63) is 47.6 Å². The van der Waals surface area contributed by atoms with Crippen molar-refractivity contribution in [3.63, 3.8) is 0 Å². The predicted octanol–water partition coefficient (Wildman–Crippen LogP) is 4.51. The van der Waals surface area contributed by atoms with Gasteiger partial charge in [0, 0.05) is 0 Å². The lowest BCUT2D eigenvalue weighted by Crippen LogP contribution is -2.26. The average molecular weight is 339 g/mol. The van der Waals surface area contributed by atoms with E-state index in [1.54, 1.807) is 4.80 Å². The van der Waals surface area contributed by atoms with Gasteiger partial charge in [-0.2, -0.15) is 15.0 Å². The van der Waals surface area contributed by atoms with Crippen molar-refractivity contribution in [1.29, 1.82) is 0 Å². The van der Waals surface area contributed by atoms with Crippen LogP contribution in [0.5, 0.6) is 0 Å². The number of allylic oxidation sites excluding steroid dienone is 2. The fourth-order valence-corrected chi connectivity index (χ4v) is 3.93. The summed E-state index contributed by atoms with van der Waals surface area (Å²) in [6.07, 6.45) is 5.65. The lowest BCUT2D eigenvalue weighted by atomic mass is 9.70. The van der Waals surface area contributed by atoms with E-state index in [9.17, 15) is 5.11 Å². The maximum absolute atomic E-state index is 10.4. The molecule has 0 aliphatic heterocycles. The largest absolute Gasteiger partial charge is 0.388 e. The number of aliphatic hydroxyl groups is 1. The zero-order valence-corrected chi connectivity index (χ0v) is 16.0. The number of fused-ring (bicyclic) bond motifs is 1. The number of aromatic nitrogens is 3. The normalized spacial score (nSPS) is 19.0. The second-order valence-electron chi connectivity index (χ2n) is 8.97. The summed E-state index contributed by atoms with van der Waals surface area (Å²) in [6.45, 7) is 11.9. The fourth-order valence-electron chi connectivity index (χ4n) is 3.93. The van der Waals surface area contributed by atoms with Crippen LogP contribution in [0.2, 0.25) is 0 Å². The van der Waals surface area contributed by atoms with Crippen LogP contribution in [-0.2, 0) is 6.54 Å². The summed E-state index contributed by atoms with van der Waals surface area (Å²) >= 11 is 0. The molecule has 25 heavy (non-hydrogen) atoms. The van der Waals surface area contributed by atoms with Crippen molar-refractivity contribution in [2.75, 3.05) is 0 Å². The molecule has 1 aliphatic rings. The molecule has 134 valence electrons. The maximum atomic E-state index is 10.4. The van der Waals surface area contributed by atoms with Crippen LogP contribution >= 0.6 is 0 Å². The highest BCUT2D eigenvalue weighted by atomic mass is 16.3. The molecule has 4 nitrogen and oxygen atoms in total. The molecule has 0 fully saturated rings. The molecule has 1 atom stereocenters. The molecule has 1 N–H and O–H groups in total. The van der Waals surface area contributed by atoms with Gasteiger partial charge in [0.05, 0.1) is 12.6 Å². The standard InChI is InChI=1S/C21H29N3O/c1-20(2,3)14-21(4,5)16-10-11-19(25)15(12-16)13-24-22-17-8-6-7-9-18(17)23-24/h6-10,12,19,25H,11,13-14H2,1-5H3. The number of benzene rings is 1. The van der Waals surface area contributed by atoms with E-state index in [0.29, 0.717) is 13.0 Å². The van der Waals surface area contributed by atoms with Crippen LogP contribution in [0.25, 0.3) is 11.0 Å². The van der Waals surface area contributed by atoms with Gasteiger partial charge in [-0.25, -0.2) is 0 Å². The minimum Gasteiger partial charge on any atom is -0.388 e. The van der Waals surface area contributed by atoms with Gasteiger partial charge >= 0.3 is 0 Å². The first-order valence-electron chi connectivity index (χ1n) is 9.03. The van der Waals surface area contributed by atoms with E-state index in [2.05, 4.69) is 57.0 Å². The van der Waals surface area contributed by atoms with Crippen LogP contribution in [0, 0.1) is 10.8 Å². The number of hydrogen-bond donors (Lipinski definition) is 1. The first-order chi connectivity index (χ1) is 11.6. The molecule has 0 amide bonds. The molecule has 0 spiro atoms. The molecule has 0 saturated heterocycles. The third kappa shape index (κ3) is 4.18. The van der Waals surface area contributed by atoms with Crippen LogP contribution in [0.3, 0.4) is 0 Å². The quantitative estimate of drug-likeness (QED) is 0.891. The van der Waals surface area contributed by atoms with Crippen LogP contribution < -0.4 is 0 Å². The van der Waals surface area contributed by atoms with Crippen LogP contribution in [0.1, 0.15) is 47.5 Å². The van der Waals surface area contributed by atoms with Gasteiger partial charge < -0.3 is 5.11 Å². The van der Waals surface area contributed by atoms with Crippen molar-refractivity contribution in [2.45, 2.75) is 60.1 Å². The summed E-state index contributed by atoms with van der Waals surface area (Å²) in [5, 5.41) is 19.5. The number of aliphatic hydroxyl groups excluding tert-OH is 1. The van der Waals surface area contributed by atoms with Gasteiger partial charge in [0.2, 0.25) is 0 Å². The molecule has 2 aromatic rings. The zero-order valence-electron chi connectivity index (χ0n) is 16.0. The van der Waals surface area contributed by atoms with Crippen LogP contribution in [0.4, 0.5) is 0 Å². The van der Waals surface area contributed by atoms with Crippen molar-refractivity contribution in [1.82, 2.24) is 15.0 Å². The molecular formula is C21H29N3O. The van der Waals surface area contributed by atoms with E-state index in [1.165, 1.54) is 5.57 Å². The Morgan fingerprint density at radius 3 is 2.24 bits per heavy atom. The van der Waals surface area contributed by atoms with Crippen molar-refractivity contribution in [3.8, 4) is 0 Å². The Kier molecular flexibility index (Phi) is 4.58. The Hall–Kier alpha value is -1.94. The molecule has 1 aliphatic carbocycles. The second-order valence-corrected chi connectivity index (χ2v) is 8.97. The SMILES string of the molecule is CC(C)(C)CC(C)(C)C1=CCC(O)C(Cn2nc3ccccc3n2)=C1. The van der Waals surface area contributed by atoms with Gasteiger partial charge in [-0.1, -0.05) is 58.9 Å². The van der Waals surface area contributed by atoms with Gasteiger partial charge in [0.15, 0.2) is 0 Å². The molecule has 0 radical (unpaired) electrons. The second kappa shape index (κ2) is 6.41. The Morgan fingerprint density at radius 1 is 1.08 bits per heavy atom. The third-order valence-electron chi connectivity index (χ3n) is 4.74. The Labute approximate surface area is 150 Å². The molecule has 0 saturated carbocycles. The van der Waals surface area contributed by atoms with Gasteiger partial charge in [-0.05, 0) is 47.0 Å². The van der Waals surface area contributed by atoms with Gasteiger partial charge in [-0.3, -0.25) is 0 Å². The monoisotopic (exact) mass is 339 g/mol. The van der Waals surface area contributed by atoms with E-state index >= 15 is 0 Å². The van der Waals surface area contributed by atoms with E-state index < -0.39 is 6.10 Å². The highest BCUT2D eigenvalue weighted by Crippen LogP contribution is 2.41. The number of hydrogen-bond acceptors (Lipinski definition) is 3. The molecule has 1 unspecified atom stereocenters. The van der Waals surface area contributed by atoms with Crippen molar-refractivity contribution in [2.24, 2.45) is 10.8 Å². The van der Waals surface area contributed by atoms with E-state index in [0.717, 1.165) is 23.0 Å². The number of nitrogens with zero attached hydrogens (tertiary/aromatic N) is 3. The molecule has 1 aromatic carbocycles. The van der Waals surface area contributed by atoms with E-state index in [1.807, 2.05) is 24.3 Å². The number of rotatable bonds is 4. The van der Waals surface area contributed by atoms with E-state index in [4.69, 9.17) is 0 Å². The molecule has 1 aromatic heterocycles. The lowest BCUT2D eigenvalue weighted by molar-refractivity contribution is 0.199. The molecule has 1 heterocycles. The van der Waals surface area contributed by atoms with E-state index in [-0.39, 0.29) is 10.8 Å². The summed E-state index contributed by atoms with van der Waals surface area (Å²) in [6, 6.07) is 7.85. The van der Waals surface area contributed by atoms with Crippen molar-refractivity contribution < 1.29 is 5.11 Å². The molecule has 0 bridgehead atoms. The van der Waals surface area contributed by atoms with Gasteiger partial charge in [-0.15, -0.1) is 0 Å². The first kappa shape index (κ1) is 17.9. The summed E-state index contributed by atoms with van der Waals surface area (Å²) in [5.74, 6) is 0. The highest BCUT2D eigenvalue weighted by molar-refractivity contribution is 5.72. The highest BCUT2D eigenvalue weighted by Gasteiger charge is 2.30. The average Bonchev–Trinajstić information content (AvgIpc) is 2.89. The minimum atomic E-state index is -0.455. The Morgan fingerprint density at radius 2 is 1.68 bits per heavy atom. The zero-order chi connectivity index (χ0) is 18.2. The third-order valence-corrected chi connectivity index (χ3v) is 4.74. The minimum absolute atomic E-state index is 0.0753. The molecule has 3 rings (SSSR count). The van der Waals surface area contributed by atoms with Gasteiger partial charge in [0.25, 0.3) is 0 Å². The lowest BCUT2D eigenvalue weighted by Gasteiger charge is -2.36. The summed E-state index contributed by atoms with van der Waals surface area (Å²) in [5.41, 5.74) is 4.40. The summed E-state index contributed by atoms with van der Waals surface area (Å²) in [7, 11) is 0. The maximum Gasteiger partial charge on any atom is 0.113 e. The first-order valence-corrected chi connectivity index (χ1v) is 9.03. The molecular weight excluding hydrogens is 310 g/mol. The Balaban J connectivity index is 1.84. The fraction of sp³-hybridized carbons (Fsp3) is 0.524. The van der Waals surface area contributed by atoms with Crippen LogP contribution in [0.15, 0.2) is 47.6 Å². The van der Waals surface area contributed by atoms with Crippen molar-refractivity contribution >= 4 is 11.0 Å². The smallest absolute Gasteiger partial charge is 0.113 e. The predicted molar refractivity (Wildman–Crippen MR) is 102 cm³/mol. The Bertz CT molecular complexity index is 788. The summed E-state index contributed by atoms with van der Waals surface area (Å²) in [4.78, 5) is 1.69. The topological polar surface area (TPSA) is 50.9 Å². The van der Waals surface area contributed by atoms with Gasteiger partial charge in [0.1, 0.15) is 11.0 Å².